The third-order valence-corrected chi connectivity index (χ3v) is 3.46. The van der Waals surface area contributed by atoms with E-state index in [0.29, 0.717) is 16.6 Å². The first-order valence-electron chi connectivity index (χ1n) is 3.74. The zero-order valence-electron chi connectivity index (χ0n) is 8.17. The van der Waals surface area contributed by atoms with E-state index >= 15 is 0 Å². The number of hydrogen-bond acceptors (Lipinski definition) is 6. The Morgan fingerprint density at radius 2 is 2.21 bits per heavy atom. The first kappa shape index (κ1) is 14.9. The van der Waals surface area contributed by atoms with Gasteiger partial charge in [0.05, 0.1) is 12.7 Å². The fraction of sp³-hybridized carbons (Fsp3) is 1.00. The molecule has 1 fully saturated rings. The molecule has 0 radical (unpaired) electrons. The molecule has 14 heavy (non-hydrogen) atoms. The van der Waals surface area contributed by atoms with Crippen molar-refractivity contribution in [3.8, 4) is 0 Å². The van der Waals surface area contributed by atoms with Crippen LogP contribution in [0, 0.1) is 0 Å². The van der Waals surface area contributed by atoms with Crippen molar-refractivity contribution in [2.24, 2.45) is 0 Å². The number of β-amino-alcohol motifs (C(OH)–C–C–N with tert-alkyl or cyclic N) is 1. The van der Waals surface area contributed by atoms with E-state index in [1.807, 2.05) is 0 Å². The maximum atomic E-state index is 10.6. The van der Waals surface area contributed by atoms with Gasteiger partial charge in [-0.2, -0.15) is 0 Å². The zero-order valence-corrected chi connectivity index (χ0v) is 13.0. The van der Waals surface area contributed by atoms with Crippen LogP contribution in [0.4, 0.5) is 0 Å². The summed E-state index contributed by atoms with van der Waals surface area (Å²) in [5.41, 5.74) is -1.44. The van der Waals surface area contributed by atoms with Gasteiger partial charge in [0.25, 0.3) is 0 Å². The minimum atomic E-state index is -2.36. The van der Waals surface area contributed by atoms with Crippen molar-refractivity contribution in [3.63, 3.8) is 0 Å². The Kier molecular flexibility index (Phi) is 6.16. The summed E-state index contributed by atoms with van der Waals surface area (Å²) in [6.07, 6.45) is -0.609. The molecule has 0 bridgehead atoms. The molecule has 0 aromatic carbocycles. The first-order valence-corrected chi connectivity index (χ1v) is 5.58. The van der Waals surface area contributed by atoms with Gasteiger partial charge in [-0.25, -0.2) is 0 Å². The second-order valence-electron chi connectivity index (χ2n) is 3.03. The van der Waals surface area contributed by atoms with Crippen molar-refractivity contribution >= 4 is 44.9 Å². The fourth-order valence-corrected chi connectivity index (χ4v) is 2.56. The van der Waals surface area contributed by atoms with Crippen LogP contribution in [-0.2, 0) is 23.1 Å². The first-order chi connectivity index (χ1) is 6.03. The number of hydrogen-bond donors (Lipinski definition) is 2. The second-order valence-corrected chi connectivity index (χ2v) is 4.45. The summed E-state index contributed by atoms with van der Waals surface area (Å²) in [5.74, 6) is 0. The molecule has 9 heteroatoms. The number of rotatable bonds is 3. The molecule has 2 N–H and O–H groups in total. The summed E-state index contributed by atoms with van der Waals surface area (Å²) in [7, 11) is -2.36. The third kappa shape index (κ3) is 2.92. The van der Waals surface area contributed by atoms with E-state index in [1.165, 1.54) is 0 Å². The molecule has 2 atom stereocenters. The van der Waals surface area contributed by atoms with Gasteiger partial charge in [-0.3, -0.25) is 0 Å². The Labute approximate surface area is 103 Å². The van der Waals surface area contributed by atoms with E-state index in [-0.39, 0.29) is 30.5 Å². The van der Waals surface area contributed by atoms with Crippen LogP contribution in [0.25, 0.3) is 0 Å². The van der Waals surface area contributed by atoms with Crippen molar-refractivity contribution in [1.29, 1.82) is 0 Å². The van der Waals surface area contributed by atoms with E-state index in [0.717, 1.165) is 4.31 Å². The van der Waals surface area contributed by atoms with Crippen molar-refractivity contribution in [2.45, 2.75) is 11.7 Å². The summed E-state index contributed by atoms with van der Waals surface area (Å²) >= 11 is 0.396. The van der Waals surface area contributed by atoms with Crippen LogP contribution in [-0.4, -0.2) is 79.9 Å². The van der Waals surface area contributed by atoms with Gasteiger partial charge in [0.2, 0.25) is 0 Å². The number of aliphatic hydroxyl groups excluding tert-OH is 1. The average Bonchev–Trinajstić information content (AvgIpc) is 2.44. The molecule has 80 valence electrons. The van der Waals surface area contributed by atoms with Gasteiger partial charge < -0.3 is 26.7 Å². The molecule has 0 aliphatic carbocycles. The maximum absolute atomic E-state index is 10.6. The summed E-state index contributed by atoms with van der Waals surface area (Å²) in [5, 5.41) is 18.6. The van der Waals surface area contributed by atoms with Crippen molar-refractivity contribution in [2.75, 3.05) is 19.7 Å². The standard InChI is InChI=1S/C5H9NO5S.2Al.4H/c7-3-5(9)2-6(12(10)11)1-4(5)8;;;;;;/h4,7,9H,1-3H2;;;;;;/q-2;2*+1;;;;/t4-,5+;;;;;;/m0....../s1. The SMILES string of the molecule is O=[S-](=O)N1C[C@H]([O][AlH2])[C@](O)(CO)C1.[AlH2+]. The fourth-order valence-electron chi connectivity index (χ4n) is 1.39. The summed E-state index contributed by atoms with van der Waals surface area (Å²) in [6.45, 7) is -0.489. The van der Waals surface area contributed by atoms with Crippen molar-refractivity contribution in [1.82, 2.24) is 4.31 Å². The Hall–Kier alpha value is 0.855. The summed E-state index contributed by atoms with van der Waals surface area (Å²) < 4.78 is 27.2. The Morgan fingerprint density at radius 3 is 2.50 bits per heavy atom. The van der Waals surface area contributed by atoms with Crippen LogP contribution in [0.1, 0.15) is 0 Å². The Bertz CT molecular complexity index is 255. The van der Waals surface area contributed by atoms with E-state index < -0.39 is 29.2 Å². The summed E-state index contributed by atoms with van der Waals surface area (Å²) in [4.78, 5) is 0. The van der Waals surface area contributed by atoms with Crippen molar-refractivity contribution in [3.05, 3.63) is 0 Å². The van der Waals surface area contributed by atoms with Crippen LogP contribution >= 0.6 is 0 Å². The molecule has 0 saturated carbocycles. The minimum absolute atomic E-state index is 0. The Balaban J connectivity index is 0.00000169. The monoisotopic (exact) mass is 253 g/mol. The van der Waals surface area contributed by atoms with Gasteiger partial charge in [0.15, 0.2) is 0 Å². The molecule has 0 amide bonds. The predicted molar refractivity (Wildman–Crippen MR) is 54.3 cm³/mol. The van der Waals surface area contributed by atoms with Gasteiger partial charge in [0, 0.05) is 13.1 Å². The molecule has 1 rings (SSSR count). The van der Waals surface area contributed by atoms with Gasteiger partial charge in [-0.1, -0.05) is 0 Å². The molecule has 0 spiro atoms. The molecule has 1 aliphatic heterocycles. The normalized spacial score (nSPS) is 33.2. The van der Waals surface area contributed by atoms with E-state index in [4.69, 9.17) is 8.90 Å². The summed E-state index contributed by atoms with van der Waals surface area (Å²) in [6, 6.07) is 0. The Morgan fingerprint density at radius 1 is 1.64 bits per heavy atom. The van der Waals surface area contributed by atoms with Crippen LogP contribution in [0.15, 0.2) is 0 Å². The topological polar surface area (TPSA) is 87.1 Å². The van der Waals surface area contributed by atoms with Gasteiger partial charge in [-0.15, -0.1) is 0 Å². The van der Waals surface area contributed by atoms with E-state index in [1.54, 1.807) is 0 Å². The van der Waals surface area contributed by atoms with Crippen LogP contribution in [0.2, 0.25) is 0 Å². The van der Waals surface area contributed by atoms with Crippen molar-refractivity contribution < 1.29 is 22.4 Å². The number of aliphatic hydroxyl groups is 2. The third-order valence-electron chi connectivity index (χ3n) is 2.19. The molecule has 1 aliphatic rings. The second kappa shape index (κ2) is 5.81. The van der Waals surface area contributed by atoms with Gasteiger partial charge in [-0.05, 0) is 10.9 Å². The average molecular weight is 253 g/mol. The molecule has 1 heterocycles. The quantitative estimate of drug-likeness (QED) is 0.399. The molecular formula is C5H13Al2NO5S. The molecule has 1 saturated heterocycles. The van der Waals surface area contributed by atoms with E-state index in [9.17, 15) is 13.5 Å². The van der Waals surface area contributed by atoms with Crippen LogP contribution < -0.4 is 0 Å². The molecule has 6 nitrogen and oxygen atoms in total. The molecule has 0 unspecified atom stereocenters. The predicted octanol–water partition coefficient (Wildman–Crippen LogP) is -3.73. The van der Waals surface area contributed by atoms with Gasteiger partial charge >= 0.3 is 34.0 Å². The van der Waals surface area contributed by atoms with Gasteiger partial charge in [0.1, 0.15) is 5.60 Å². The van der Waals surface area contributed by atoms with E-state index in [2.05, 4.69) is 0 Å². The van der Waals surface area contributed by atoms with Crippen LogP contribution in [0.3, 0.4) is 0 Å². The zero-order chi connectivity index (χ0) is 10.1. The molecular weight excluding hydrogens is 240 g/mol. The number of nitrogens with zero attached hydrogens (tertiary/aromatic N) is 1. The molecule has 0 aromatic rings. The molecule has 0 aromatic heterocycles. The van der Waals surface area contributed by atoms with Crippen LogP contribution in [0.5, 0.6) is 0 Å².